The molecule has 0 saturated carbocycles. The Balaban J connectivity index is 1.74. The van der Waals surface area contributed by atoms with Crippen LogP contribution in [0.2, 0.25) is 0 Å². The molecule has 0 aliphatic carbocycles. The molecule has 0 radical (unpaired) electrons. The van der Waals surface area contributed by atoms with Gasteiger partial charge in [0.05, 0.1) is 5.56 Å². The molecule has 1 atom stereocenters. The lowest BCUT2D eigenvalue weighted by Crippen LogP contribution is -2.43. The Hall–Kier alpha value is -3.22. The SMILES string of the molecule is CN(C(=O)c1ccc(C(=O)O)nc1)[C@H]1CCN(c2ccccc2)C1=O. The summed E-state index contributed by atoms with van der Waals surface area (Å²) < 4.78 is 0. The average molecular weight is 339 g/mol. The van der Waals surface area contributed by atoms with E-state index in [1.54, 1.807) is 11.9 Å². The number of benzene rings is 1. The van der Waals surface area contributed by atoms with Gasteiger partial charge in [0, 0.05) is 25.5 Å². The van der Waals surface area contributed by atoms with Crippen LogP contribution in [0.1, 0.15) is 27.3 Å². The number of likely N-dealkylation sites (N-methyl/N-ethyl adjacent to an activating group) is 1. The van der Waals surface area contributed by atoms with Gasteiger partial charge in [0.25, 0.3) is 5.91 Å². The van der Waals surface area contributed by atoms with Gasteiger partial charge in [-0.2, -0.15) is 0 Å². The average Bonchev–Trinajstić information content (AvgIpc) is 3.02. The summed E-state index contributed by atoms with van der Waals surface area (Å²) >= 11 is 0. The third-order valence-corrected chi connectivity index (χ3v) is 4.26. The number of aromatic nitrogens is 1. The lowest BCUT2D eigenvalue weighted by atomic mass is 10.1. The summed E-state index contributed by atoms with van der Waals surface area (Å²) in [6.45, 7) is 0.543. The van der Waals surface area contributed by atoms with Crippen LogP contribution in [0.3, 0.4) is 0 Å². The zero-order valence-corrected chi connectivity index (χ0v) is 13.6. The lowest BCUT2D eigenvalue weighted by Gasteiger charge is -2.24. The van der Waals surface area contributed by atoms with Gasteiger partial charge in [0.15, 0.2) is 0 Å². The zero-order chi connectivity index (χ0) is 18.0. The first kappa shape index (κ1) is 16.6. The van der Waals surface area contributed by atoms with Crippen molar-refractivity contribution < 1.29 is 19.5 Å². The molecule has 7 heteroatoms. The van der Waals surface area contributed by atoms with Crippen molar-refractivity contribution in [2.45, 2.75) is 12.5 Å². The number of aromatic carboxylic acids is 1. The van der Waals surface area contributed by atoms with Gasteiger partial charge in [-0.1, -0.05) is 18.2 Å². The minimum Gasteiger partial charge on any atom is -0.477 e. The van der Waals surface area contributed by atoms with Gasteiger partial charge in [-0.3, -0.25) is 9.59 Å². The normalized spacial score (nSPS) is 16.8. The van der Waals surface area contributed by atoms with Gasteiger partial charge in [-0.25, -0.2) is 9.78 Å². The number of carbonyl (C=O) groups is 3. The summed E-state index contributed by atoms with van der Waals surface area (Å²) in [5.74, 6) is -1.65. The van der Waals surface area contributed by atoms with Crippen LogP contribution in [0.25, 0.3) is 0 Å². The molecule has 3 rings (SSSR count). The van der Waals surface area contributed by atoms with Crippen LogP contribution in [0.4, 0.5) is 5.69 Å². The summed E-state index contributed by atoms with van der Waals surface area (Å²) in [5.41, 5.74) is 0.924. The maximum absolute atomic E-state index is 12.7. The molecule has 1 fully saturated rings. The number of amides is 2. The van der Waals surface area contributed by atoms with E-state index >= 15 is 0 Å². The Morgan fingerprint density at radius 3 is 2.52 bits per heavy atom. The minimum atomic E-state index is -1.16. The third-order valence-electron chi connectivity index (χ3n) is 4.26. The van der Waals surface area contributed by atoms with Gasteiger partial charge in [0.1, 0.15) is 11.7 Å². The predicted octanol–water partition coefficient (Wildman–Crippen LogP) is 1.66. The van der Waals surface area contributed by atoms with Crippen molar-refractivity contribution in [3.63, 3.8) is 0 Å². The smallest absolute Gasteiger partial charge is 0.354 e. The number of para-hydroxylation sites is 1. The molecule has 1 aromatic carbocycles. The van der Waals surface area contributed by atoms with Crippen molar-refractivity contribution in [1.29, 1.82) is 0 Å². The molecule has 128 valence electrons. The summed E-state index contributed by atoms with van der Waals surface area (Å²) in [6.07, 6.45) is 1.76. The van der Waals surface area contributed by atoms with E-state index in [1.165, 1.54) is 23.2 Å². The second kappa shape index (κ2) is 6.72. The van der Waals surface area contributed by atoms with E-state index in [0.717, 1.165) is 5.69 Å². The number of hydrogen-bond acceptors (Lipinski definition) is 4. The largest absolute Gasteiger partial charge is 0.477 e. The Labute approximate surface area is 144 Å². The topological polar surface area (TPSA) is 90.8 Å². The van der Waals surface area contributed by atoms with Crippen LogP contribution in [-0.2, 0) is 4.79 Å². The molecular formula is C18H17N3O4. The fourth-order valence-electron chi connectivity index (χ4n) is 2.88. The van der Waals surface area contributed by atoms with Crippen LogP contribution >= 0.6 is 0 Å². The number of carboxylic acid groups (broad SMARTS) is 1. The summed E-state index contributed by atoms with van der Waals surface area (Å²) in [7, 11) is 1.57. The van der Waals surface area contributed by atoms with Gasteiger partial charge < -0.3 is 14.9 Å². The number of hydrogen-bond donors (Lipinski definition) is 1. The summed E-state index contributed by atoms with van der Waals surface area (Å²) in [4.78, 5) is 42.9. The Morgan fingerprint density at radius 2 is 1.92 bits per heavy atom. The molecule has 1 saturated heterocycles. The molecule has 0 spiro atoms. The first-order valence-electron chi connectivity index (χ1n) is 7.82. The van der Waals surface area contributed by atoms with Crippen LogP contribution in [0, 0.1) is 0 Å². The van der Waals surface area contributed by atoms with Crippen LogP contribution < -0.4 is 4.90 Å². The Bertz CT molecular complexity index is 805. The number of rotatable bonds is 4. The van der Waals surface area contributed by atoms with Crippen molar-refractivity contribution in [1.82, 2.24) is 9.88 Å². The number of pyridine rings is 1. The highest BCUT2D eigenvalue weighted by Gasteiger charge is 2.37. The molecule has 1 aliphatic heterocycles. The molecule has 1 N–H and O–H groups in total. The molecule has 1 aliphatic rings. The minimum absolute atomic E-state index is 0.128. The molecule has 2 aromatic rings. The van der Waals surface area contributed by atoms with Crippen LogP contribution in [0.5, 0.6) is 0 Å². The highest BCUT2D eigenvalue weighted by Crippen LogP contribution is 2.24. The molecule has 7 nitrogen and oxygen atoms in total. The lowest BCUT2D eigenvalue weighted by molar-refractivity contribution is -0.120. The maximum atomic E-state index is 12.7. The Kier molecular flexibility index (Phi) is 4.47. The first-order valence-corrected chi connectivity index (χ1v) is 7.82. The van der Waals surface area contributed by atoms with E-state index in [0.29, 0.717) is 13.0 Å². The molecule has 2 amide bonds. The second-order valence-electron chi connectivity index (χ2n) is 5.78. The van der Waals surface area contributed by atoms with Crippen molar-refractivity contribution in [2.24, 2.45) is 0 Å². The molecular weight excluding hydrogens is 322 g/mol. The predicted molar refractivity (Wildman–Crippen MR) is 90.5 cm³/mol. The van der Waals surface area contributed by atoms with Gasteiger partial charge in [0.2, 0.25) is 5.91 Å². The number of anilines is 1. The molecule has 25 heavy (non-hydrogen) atoms. The van der Waals surface area contributed by atoms with Crippen LogP contribution in [-0.4, -0.2) is 52.4 Å². The maximum Gasteiger partial charge on any atom is 0.354 e. The quantitative estimate of drug-likeness (QED) is 0.915. The fraction of sp³-hybridized carbons (Fsp3) is 0.222. The highest BCUT2D eigenvalue weighted by molar-refractivity contribution is 6.03. The third kappa shape index (κ3) is 3.21. The van der Waals surface area contributed by atoms with E-state index in [1.807, 2.05) is 30.3 Å². The van der Waals surface area contributed by atoms with E-state index in [-0.39, 0.29) is 23.1 Å². The van der Waals surface area contributed by atoms with Gasteiger partial charge in [-0.05, 0) is 30.7 Å². The van der Waals surface area contributed by atoms with Crippen LogP contribution in [0.15, 0.2) is 48.7 Å². The summed E-state index contributed by atoms with van der Waals surface area (Å²) in [5, 5.41) is 8.86. The molecule has 0 bridgehead atoms. The fourth-order valence-corrected chi connectivity index (χ4v) is 2.88. The monoisotopic (exact) mass is 339 g/mol. The number of nitrogens with zero attached hydrogens (tertiary/aromatic N) is 3. The standard InChI is InChI=1S/C18H17N3O4/c1-20(16(22)12-7-8-14(18(24)25)19-11-12)15-9-10-21(17(15)23)13-5-3-2-4-6-13/h2-8,11,15H,9-10H2,1H3,(H,24,25)/t15-/m0/s1. The highest BCUT2D eigenvalue weighted by atomic mass is 16.4. The number of carbonyl (C=O) groups excluding carboxylic acids is 2. The molecule has 1 aromatic heterocycles. The van der Waals surface area contributed by atoms with E-state index in [2.05, 4.69) is 4.98 Å². The van der Waals surface area contributed by atoms with E-state index < -0.39 is 12.0 Å². The van der Waals surface area contributed by atoms with Gasteiger partial charge >= 0.3 is 5.97 Å². The molecule has 2 heterocycles. The van der Waals surface area contributed by atoms with Crippen molar-refractivity contribution in [3.8, 4) is 0 Å². The second-order valence-corrected chi connectivity index (χ2v) is 5.78. The first-order chi connectivity index (χ1) is 12.0. The van der Waals surface area contributed by atoms with Crippen molar-refractivity contribution >= 4 is 23.5 Å². The molecule has 0 unspecified atom stereocenters. The van der Waals surface area contributed by atoms with E-state index in [9.17, 15) is 14.4 Å². The zero-order valence-electron chi connectivity index (χ0n) is 13.6. The van der Waals surface area contributed by atoms with E-state index in [4.69, 9.17) is 5.11 Å². The Morgan fingerprint density at radius 1 is 1.20 bits per heavy atom. The number of carboxylic acids is 1. The summed E-state index contributed by atoms with van der Waals surface area (Å²) in [6, 6.07) is 11.4. The van der Waals surface area contributed by atoms with Crippen molar-refractivity contribution in [2.75, 3.05) is 18.5 Å². The van der Waals surface area contributed by atoms with Crippen molar-refractivity contribution in [3.05, 3.63) is 59.9 Å². The van der Waals surface area contributed by atoms with Gasteiger partial charge in [-0.15, -0.1) is 0 Å².